The van der Waals surface area contributed by atoms with Gasteiger partial charge in [-0.25, -0.2) is 19.3 Å². The van der Waals surface area contributed by atoms with Crippen LogP contribution in [0.15, 0.2) is 18.2 Å². The number of amides is 2. The second-order valence-electron chi connectivity index (χ2n) is 11.5. The van der Waals surface area contributed by atoms with E-state index in [1.165, 1.54) is 5.56 Å². The molecule has 2 aliphatic rings. The van der Waals surface area contributed by atoms with Crippen molar-refractivity contribution in [3.63, 3.8) is 0 Å². The van der Waals surface area contributed by atoms with Gasteiger partial charge in [-0.05, 0) is 77.5 Å². The zero-order valence-corrected chi connectivity index (χ0v) is 25.5. The molecule has 4 rings (SSSR count). The number of carboxylic acid groups (broad SMARTS) is 1. The Morgan fingerprint density at radius 2 is 2.00 bits per heavy atom. The van der Waals surface area contributed by atoms with Crippen molar-refractivity contribution in [3.05, 3.63) is 35.2 Å². The number of ether oxygens (including phenoxy) is 2. The number of unbranched alkanes of at least 4 members (excludes halogenated alkanes) is 1. The van der Waals surface area contributed by atoms with Crippen LogP contribution in [0, 0.1) is 6.92 Å². The van der Waals surface area contributed by atoms with Crippen LogP contribution in [0.5, 0.6) is 5.88 Å². The summed E-state index contributed by atoms with van der Waals surface area (Å²) in [7, 11) is 1.85. The monoisotopic (exact) mass is 585 g/mol. The number of urea groups is 1. The van der Waals surface area contributed by atoms with Gasteiger partial charge in [0.15, 0.2) is 0 Å². The summed E-state index contributed by atoms with van der Waals surface area (Å²) in [6.07, 6.45) is 5.30. The van der Waals surface area contributed by atoms with Gasteiger partial charge in [-0.15, -0.1) is 0 Å². The summed E-state index contributed by atoms with van der Waals surface area (Å²) < 4.78 is 13.2. The van der Waals surface area contributed by atoms with Crippen LogP contribution in [0.4, 0.5) is 10.6 Å². The number of nitrogens with one attached hydrogen (secondary N) is 2. The topological polar surface area (TPSA) is 134 Å². The van der Waals surface area contributed by atoms with Gasteiger partial charge in [-0.3, -0.25) is 4.90 Å². The number of carbonyl (C=O) groups excluding carboxylic acids is 1. The van der Waals surface area contributed by atoms with E-state index in [0.717, 1.165) is 62.4 Å². The predicted molar refractivity (Wildman–Crippen MR) is 160 cm³/mol. The first kappa shape index (κ1) is 31.6. The van der Waals surface area contributed by atoms with Crippen LogP contribution in [0.2, 0.25) is 0 Å². The highest BCUT2D eigenvalue weighted by molar-refractivity contribution is 5.83. The molecule has 2 aromatic rings. The molecule has 12 heteroatoms. The maximum atomic E-state index is 13.0. The molecule has 3 atom stereocenters. The third-order valence-corrected chi connectivity index (χ3v) is 7.96. The van der Waals surface area contributed by atoms with E-state index in [2.05, 4.69) is 32.8 Å². The Bertz CT molecular complexity index is 1180. The van der Waals surface area contributed by atoms with Crippen molar-refractivity contribution in [2.24, 2.45) is 7.05 Å². The number of anilines is 1. The summed E-state index contributed by atoms with van der Waals surface area (Å²) in [5, 5.41) is 20.4. The number of hydrogen-bond donors (Lipinski definition) is 3. The maximum absolute atomic E-state index is 13.0. The zero-order valence-electron chi connectivity index (χ0n) is 25.5. The van der Waals surface area contributed by atoms with E-state index in [1.807, 2.05) is 33.9 Å². The van der Waals surface area contributed by atoms with E-state index >= 15 is 0 Å². The van der Waals surface area contributed by atoms with E-state index in [0.29, 0.717) is 38.8 Å². The molecule has 4 heterocycles. The number of aryl methyl sites for hydroxylation is 4. The maximum Gasteiger partial charge on any atom is 0.326 e. The second-order valence-corrected chi connectivity index (χ2v) is 11.5. The van der Waals surface area contributed by atoms with Gasteiger partial charge < -0.3 is 30.1 Å². The van der Waals surface area contributed by atoms with Crippen molar-refractivity contribution < 1.29 is 24.2 Å². The standard InChI is InChI=1S/C30H47N7O5/c1-21-18-27(35(4)34-21)42-17-16-36(14-6-5-9-25-11-10-24-8-7-13-31-28(24)32-25)15-12-26(29(38)39)33-30(40)37-22(2)19-41-20-23(37)3/h10-11,18,22-23,26H,5-9,12-17,19-20H2,1-4H3,(H,31,32)(H,33,40)(H,38,39). The summed E-state index contributed by atoms with van der Waals surface area (Å²) in [6, 6.07) is 4.62. The third kappa shape index (κ3) is 8.81. The minimum Gasteiger partial charge on any atom is -0.480 e. The highest BCUT2D eigenvalue weighted by Crippen LogP contribution is 2.20. The number of carboxylic acids is 1. The van der Waals surface area contributed by atoms with Crippen molar-refractivity contribution in [3.8, 4) is 5.88 Å². The molecule has 0 spiro atoms. The molecule has 2 aromatic heterocycles. The minimum absolute atomic E-state index is 0.118. The fourth-order valence-electron chi connectivity index (χ4n) is 5.68. The Morgan fingerprint density at radius 3 is 2.71 bits per heavy atom. The van der Waals surface area contributed by atoms with Gasteiger partial charge in [-0.2, -0.15) is 5.10 Å². The van der Waals surface area contributed by atoms with Crippen molar-refractivity contribution in [1.29, 1.82) is 0 Å². The van der Waals surface area contributed by atoms with Crippen LogP contribution in [-0.4, -0.2) is 106 Å². The Kier molecular flexibility index (Phi) is 11.4. The van der Waals surface area contributed by atoms with Crippen LogP contribution < -0.4 is 15.4 Å². The molecule has 2 aliphatic heterocycles. The molecular weight excluding hydrogens is 538 g/mol. The first-order valence-corrected chi connectivity index (χ1v) is 15.2. The van der Waals surface area contributed by atoms with E-state index < -0.39 is 12.0 Å². The summed E-state index contributed by atoms with van der Waals surface area (Å²) >= 11 is 0. The van der Waals surface area contributed by atoms with Crippen LogP contribution in [-0.2, 0) is 29.4 Å². The van der Waals surface area contributed by atoms with Gasteiger partial charge in [0.1, 0.15) is 18.5 Å². The van der Waals surface area contributed by atoms with E-state index in [1.54, 1.807) is 9.58 Å². The molecule has 0 aliphatic carbocycles. The molecule has 3 unspecified atom stereocenters. The number of fused-ring (bicyclic) bond motifs is 1. The SMILES string of the molecule is Cc1cc(OCCN(CCCCc2ccc3c(n2)NCCC3)CCC(NC(=O)N2C(C)COCC2C)C(=O)O)n(C)n1. The Hall–Kier alpha value is -3.38. The highest BCUT2D eigenvalue weighted by atomic mass is 16.5. The lowest BCUT2D eigenvalue weighted by molar-refractivity contribution is -0.139. The van der Waals surface area contributed by atoms with Gasteiger partial charge in [0.05, 0.1) is 31.0 Å². The van der Waals surface area contributed by atoms with Gasteiger partial charge in [0, 0.05) is 38.4 Å². The zero-order chi connectivity index (χ0) is 30.1. The fraction of sp³-hybridized carbons (Fsp3) is 0.667. The van der Waals surface area contributed by atoms with Crippen molar-refractivity contribution in [1.82, 2.24) is 29.9 Å². The number of aliphatic carboxylic acids is 1. The van der Waals surface area contributed by atoms with E-state index in [-0.39, 0.29) is 24.5 Å². The number of carbonyl (C=O) groups is 2. The Balaban J connectivity index is 1.31. The molecule has 0 saturated carbocycles. The van der Waals surface area contributed by atoms with Gasteiger partial charge in [-0.1, -0.05) is 6.07 Å². The third-order valence-electron chi connectivity index (χ3n) is 7.96. The summed E-state index contributed by atoms with van der Waals surface area (Å²) in [5.74, 6) is 0.681. The fourth-order valence-corrected chi connectivity index (χ4v) is 5.68. The predicted octanol–water partition coefficient (Wildman–Crippen LogP) is 2.85. The van der Waals surface area contributed by atoms with Gasteiger partial charge >= 0.3 is 12.0 Å². The molecule has 1 fully saturated rings. The first-order valence-electron chi connectivity index (χ1n) is 15.2. The number of nitrogens with zero attached hydrogens (tertiary/aromatic N) is 5. The summed E-state index contributed by atoms with van der Waals surface area (Å²) in [4.78, 5) is 33.9. The Morgan fingerprint density at radius 1 is 1.21 bits per heavy atom. The van der Waals surface area contributed by atoms with Crippen LogP contribution in [0.25, 0.3) is 0 Å². The molecule has 0 bridgehead atoms. The molecule has 1 saturated heterocycles. The highest BCUT2D eigenvalue weighted by Gasteiger charge is 2.32. The molecule has 42 heavy (non-hydrogen) atoms. The van der Waals surface area contributed by atoms with Gasteiger partial charge in [0.2, 0.25) is 5.88 Å². The second kappa shape index (κ2) is 15.2. The van der Waals surface area contributed by atoms with Crippen LogP contribution in [0.1, 0.15) is 56.5 Å². The summed E-state index contributed by atoms with van der Waals surface area (Å²) in [5.41, 5.74) is 3.27. The smallest absolute Gasteiger partial charge is 0.326 e. The average Bonchev–Trinajstić information content (AvgIpc) is 3.28. The average molecular weight is 586 g/mol. The van der Waals surface area contributed by atoms with Crippen molar-refractivity contribution in [2.75, 3.05) is 51.3 Å². The quantitative estimate of drug-likeness (QED) is 0.286. The number of aromatic nitrogens is 3. The number of rotatable bonds is 14. The normalized spacial score (nSPS) is 19.2. The molecule has 0 aromatic carbocycles. The largest absolute Gasteiger partial charge is 0.480 e. The lowest BCUT2D eigenvalue weighted by atomic mass is 10.1. The first-order chi connectivity index (χ1) is 20.2. The number of pyridine rings is 1. The molecule has 232 valence electrons. The molecular formula is C30H47N7O5. The molecule has 0 radical (unpaired) electrons. The van der Waals surface area contributed by atoms with Crippen LogP contribution >= 0.6 is 0 Å². The minimum atomic E-state index is -1.04. The lowest BCUT2D eigenvalue weighted by Gasteiger charge is -2.39. The molecule has 3 N–H and O–H groups in total. The Labute approximate surface area is 248 Å². The van der Waals surface area contributed by atoms with Crippen molar-refractivity contribution in [2.45, 2.75) is 77.4 Å². The van der Waals surface area contributed by atoms with Crippen molar-refractivity contribution >= 4 is 17.8 Å². The van der Waals surface area contributed by atoms with E-state index in [4.69, 9.17) is 14.5 Å². The molecule has 12 nitrogen and oxygen atoms in total. The lowest BCUT2D eigenvalue weighted by Crippen LogP contribution is -2.58. The number of morpholine rings is 1. The number of hydrogen-bond acceptors (Lipinski definition) is 8. The van der Waals surface area contributed by atoms with E-state index in [9.17, 15) is 14.7 Å². The van der Waals surface area contributed by atoms with Crippen LogP contribution in [0.3, 0.4) is 0 Å². The van der Waals surface area contributed by atoms with Gasteiger partial charge in [0.25, 0.3) is 0 Å². The molecule has 2 amide bonds. The summed E-state index contributed by atoms with van der Waals surface area (Å²) in [6.45, 7) is 9.97.